The van der Waals surface area contributed by atoms with Crippen LogP contribution in [0.3, 0.4) is 0 Å². The third kappa shape index (κ3) is 4.16. The van der Waals surface area contributed by atoms with Crippen LogP contribution in [0, 0.1) is 0 Å². The number of sulfonamides is 1. The van der Waals surface area contributed by atoms with E-state index < -0.39 is 10.0 Å². The second-order valence-electron chi connectivity index (χ2n) is 5.75. The summed E-state index contributed by atoms with van der Waals surface area (Å²) in [7, 11) is -3.82. The SMILES string of the molecule is O=C(c1cc(Cl)ccc1NS(=O)(=O)c1cccc(Br)c1)N1CCCC1. The van der Waals surface area contributed by atoms with Crippen LogP contribution in [0.15, 0.2) is 51.8 Å². The average molecular weight is 444 g/mol. The van der Waals surface area contributed by atoms with Crippen LogP contribution in [0.25, 0.3) is 0 Å². The van der Waals surface area contributed by atoms with Crippen LogP contribution >= 0.6 is 27.5 Å². The molecule has 1 amide bonds. The van der Waals surface area contributed by atoms with Gasteiger partial charge in [-0.2, -0.15) is 0 Å². The van der Waals surface area contributed by atoms with Crippen LogP contribution in [-0.4, -0.2) is 32.3 Å². The quantitative estimate of drug-likeness (QED) is 0.772. The monoisotopic (exact) mass is 442 g/mol. The average Bonchev–Trinajstić information content (AvgIpc) is 3.10. The van der Waals surface area contributed by atoms with Crippen molar-refractivity contribution in [2.45, 2.75) is 17.7 Å². The standard InChI is InChI=1S/C17H16BrClN2O3S/c18-12-4-3-5-14(10-12)25(23,24)20-16-7-6-13(19)11-15(16)17(22)21-8-1-2-9-21/h3-7,10-11,20H,1-2,8-9H2. The number of halogens is 2. The molecule has 1 aliphatic rings. The Kier molecular flexibility index (Phi) is 5.36. The molecule has 1 fully saturated rings. The number of likely N-dealkylation sites (tertiary alicyclic amines) is 1. The lowest BCUT2D eigenvalue weighted by atomic mass is 10.1. The van der Waals surface area contributed by atoms with Crippen molar-refractivity contribution in [2.24, 2.45) is 0 Å². The fourth-order valence-corrected chi connectivity index (χ4v) is 4.56. The second-order valence-corrected chi connectivity index (χ2v) is 8.79. The molecule has 1 aliphatic heterocycles. The Morgan fingerprint density at radius 1 is 1.12 bits per heavy atom. The summed E-state index contributed by atoms with van der Waals surface area (Å²) < 4.78 is 28.4. The molecule has 2 aromatic carbocycles. The summed E-state index contributed by atoms with van der Waals surface area (Å²) in [5.41, 5.74) is 0.481. The fraction of sp³-hybridized carbons (Fsp3) is 0.235. The zero-order valence-corrected chi connectivity index (χ0v) is 16.4. The number of nitrogens with zero attached hydrogens (tertiary/aromatic N) is 1. The summed E-state index contributed by atoms with van der Waals surface area (Å²) in [5, 5.41) is 0.382. The molecule has 1 N–H and O–H groups in total. The van der Waals surface area contributed by atoms with Crippen molar-refractivity contribution in [1.29, 1.82) is 0 Å². The van der Waals surface area contributed by atoms with Crippen LogP contribution in [0.4, 0.5) is 5.69 Å². The van der Waals surface area contributed by atoms with Crippen LogP contribution in [0.1, 0.15) is 23.2 Å². The number of rotatable bonds is 4. The molecule has 2 aromatic rings. The maximum absolute atomic E-state index is 12.7. The third-order valence-electron chi connectivity index (χ3n) is 3.96. The van der Waals surface area contributed by atoms with Crippen molar-refractivity contribution in [1.82, 2.24) is 4.90 Å². The van der Waals surface area contributed by atoms with Gasteiger partial charge in [-0.3, -0.25) is 9.52 Å². The Morgan fingerprint density at radius 2 is 1.84 bits per heavy atom. The van der Waals surface area contributed by atoms with Gasteiger partial charge in [-0.1, -0.05) is 33.6 Å². The molecule has 0 bridgehead atoms. The van der Waals surface area contributed by atoms with E-state index in [4.69, 9.17) is 11.6 Å². The summed E-state index contributed by atoms with van der Waals surface area (Å²) in [4.78, 5) is 14.5. The number of amides is 1. The molecule has 5 nitrogen and oxygen atoms in total. The van der Waals surface area contributed by atoms with Gasteiger partial charge in [0.15, 0.2) is 0 Å². The Bertz CT molecular complexity index is 912. The number of hydrogen-bond acceptors (Lipinski definition) is 3. The molecule has 0 atom stereocenters. The minimum atomic E-state index is -3.82. The molecule has 25 heavy (non-hydrogen) atoms. The molecule has 1 saturated heterocycles. The Labute approximate surface area is 160 Å². The van der Waals surface area contributed by atoms with E-state index in [1.165, 1.54) is 24.3 Å². The van der Waals surface area contributed by atoms with Gasteiger partial charge in [-0.05, 0) is 49.2 Å². The minimum Gasteiger partial charge on any atom is -0.339 e. The van der Waals surface area contributed by atoms with Crippen molar-refractivity contribution in [2.75, 3.05) is 17.8 Å². The topological polar surface area (TPSA) is 66.5 Å². The van der Waals surface area contributed by atoms with Crippen molar-refractivity contribution in [3.05, 3.63) is 57.5 Å². The first-order valence-corrected chi connectivity index (χ1v) is 10.4. The summed E-state index contributed by atoms with van der Waals surface area (Å²) in [6, 6.07) is 10.9. The van der Waals surface area contributed by atoms with Gasteiger partial charge in [0.2, 0.25) is 0 Å². The number of carbonyl (C=O) groups excluding carboxylic acids is 1. The first-order valence-electron chi connectivity index (χ1n) is 7.74. The molecule has 3 rings (SSSR count). The summed E-state index contributed by atoms with van der Waals surface area (Å²) >= 11 is 9.28. The zero-order valence-electron chi connectivity index (χ0n) is 13.2. The van der Waals surface area contributed by atoms with Crippen molar-refractivity contribution in [3.8, 4) is 0 Å². The predicted octanol–water partition coefficient (Wildman–Crippen LogP) is 4.14. The number of benzene rings is 2. The van der Waals surface area contributed by atoms with Gasteiger partial charge in [0, 0.05) is 22.6 Å². The first-order chi connectivity index (χ1) is 11.9. The highest BCUT2D eigenvalue weighted by Crippen LogP contribution is 2.27. The van der Waals surface area contributed by atoms with E-state index in [1.807, 2.05) is 0 Å². The lowest BCUT2D eigenvalue weighted by Crippen LogP contribution is -2.29. The largest absolute Gasteiger partial charge is 0.339 e. The smallest absolute Gasteiger partial charge is 0.261 e. The van der Waals surface area contributed by atoms with E-state index in [-0.39, 0.29) is 22.1 Å². The lowest BCUT2D eigenvalue weighted by molar-refractivity contribution is 0.0794. The van der Waals surface area contributed by atoms with Crippen LogP contribution in [0.2, 0.25) is 5.02 Å². The van der Waals surface area contributed by atoms with Crippen molar-refractivity contribution >= 4 is 49.1 Å². The molecule has 0 saturated carbocycles. The molecule has 0 radical (unpaired) electrons. The van der Waals surface area contributed by atoms with Gasteiger partial charge in [0.05, 0.1) is 16.1 Å². The molecule has 1 heterocycles. The highest BCUT2D eigenvalue weighted by atomic mass is 79.9. The molecule has 8 heteroatoms. The van der Waals surface area contributed by atoms with E-state index in [9.17, 15) is 13.2 Å². The molecule has 132 valence electrons. The van der Waals surface area contributed by atoms with Gasteiger partial charge >= 0.3 is 0 Å². The summed E-state index contributed by atoms with van der Waals surface area (Å²) in [6.07, 6.45) is 1.90. The molecule has 0 aliphatic carbocycles. The number of anilines is 1. The van der Waals surface area contributed by atoms with Gasteiger partial charge in [-0.25, -0.2) is 8.42 Å². The van der Waals surface area contributed by atoms with E-state index in [0.717, 1.165) is 12.8 Å². The number of nitrogens with one attached hydrogen (secondary N) is 1. The highest BCUT2D eigenvalue weighted by Gasteiger charge is 2.24. The Hall–Kier alpha value is -1.57. The van der Waals surface area contributed by atoms with Gasteiger partial charge < -0.3 is 4.90 Å². The van der Waals surface area contributed by atoms with E-state index in [1.54, 1.807) is 23.1 Å². The second kappa shape index (κ2) is 7.35. The normalized spacial score (nSPS) is 14.6. The van der Waals surface area contributed by atoms with Crippen molar-refractivity contribution in [3.63, 3.8) is 0 Å². The molecular weight excluding hydrogens is 428 g/mol. The van der Waals surface area contributed by atoms with E-state index in [0.29, 0.717) is 22.6 Å². The lowest BCUT2D eigenvalue weighted by Gasteiger charge is -2.18. The molecule has 0 aromatic heterocycles. The first kappa shape index (κ1) is 18.2. The predicted molar refractivity (Wildman–Crippen MR) is 102 cm³/mol. The van der Waals surface area contributed by atoms with Crippen LogP contribution < -0.4 is 4.72 Å². The van der Waals surface area contributed by atoms with E-state index in [2.05, 4.69) is 20.7 Å². The van der Waals surface area contributed by atoms with Gasteiger partial charge in [-0.15, -0.1) is 0 Å². The maximum Gasteiger partial charge on any atom is 0.261 e. The maximum atomic E-state index is 12.7. The van der Waals surface area contributed by atoms with Crippen LogP contribution in [-0.2, 0) is 10.0 Å². The molecular formula is C17H16BrClN2O3S. The number of carbonyl (C=O) groups is 1. The fourth-order valence-electron chi connectivity index (χ4n) is 2.71. The zero-order chi connectivity index (χ0) is 18.0. The highest BCUT2D eigenvalue weighted by molar-refractivity contribution is 9.10. The Morgan fingerprint density at radius 3 is 2.52 bits per heavy atom. The molecule has 0 unspecified atom stereocenters. The van der Waals surface area contributed by atoms with Gasteiger partial charge in [0.25, 0.3) is 15.9 Å². The summed E-state index contributed by atoms with van der Waals surface area (Å²) in [5.74, 6) is -0.216. The van der Waals surface area contributed by atoms with Gasteiger partial charge in [0.1, 0.15) is 0 Å². The summed E-state index contributed by atoms with van der Waals surface area (Å²) in [6.45, 7) is 1.34. The Balaban J connectivity index is 1.96. The number of hydrogen-bond donors (Lipinski definition) is 1. The van der Waals surface area contributed by atoms with Crippen LogP contribution in [0.5, 0.6) is 0 Å². The van der Waals surface area contributed by atoms with Crippen molar-refractivity contribution < 1.29 is 13.2 Å². The van der Waals surface area contributed by atoms with E-state index >= 15 is 0 Å². The minimum absolute atomic E-state index is 0.108. The molecule has 0 spiro atoms. The third-order valence-corrected chi connectivity index (χ3v) is 6.05.